The summed E-state index contributed by atoms with van der Waals surface area (Å²) in [6.07, 6.45) is 14.1. The van der Waals surface area contributed by atoms with Gasteiger partial charge in [-0.25, -0.2) is 39.9 Å². The molecule has 0 saturated heterocycles. The summed E-state index contributed by atoms with van der Waals surface area (Å²) >= 11 is 1.85. The first kappa shape index (κ1) is 43.3. The first-order valence-electron chi connectivity index (χ1n) is 24.8. The number of nitrogens with zero attached hydrogens (tertiary/aromatic N) is 10. The van der Waals surface area contributed by atoms with Gasteiger partial charge in [0, 0.05) is 131 Å². The van der Waals surface area contributed by atoms with Crippen molar-refractivity contribution < 1.29 is 4.42 Å². The molecule has 12 heteroatoms. The van der Waals surface area contributed by atoms with Crippen LogP contribution in [0, 0.1) is 0 Å². The SMILES string of the molecule is c1cnc(-c2cc(-c3ncccn3)cc(-n3c4ccccc4c4cc5oc6ccccc6c5cc43)c2)nc1.c1cnc(-c2cc(-c3ncccn3)cc(-n3c4ccccc4c4ccc5c6ccccc6sc5c43)c2)nc1. The highest BCUT2D eigenvalue weighted by Crippen LogP contribution is 2.44. The van der Waals surface area contributed by atoms with E-state index in [9.17, 15) is 0 Å². The van der Waals surface area contributed by atoms with Gasteiger partial charge in [-0.3, -0.25) is 0 Å². The Balaban J connectivity index is 0.000000133. The second kappa shape index (κ2) is 17.7. The van der Waals surface area contributed by atoms with E-state index in [0.717, 1.165) is 82.9 Å². The quantitative estimate of drug-likeness (QED) is 0.160. The molecule has 11 nitrogen and oxygen atoms in total. The van der Waals surface area contributed by atoms with E-state index in [1.54, 1.807) is 49.6 Å². The molecule has 0 amide bonds. The van der Waals surface area contributed by atoms with Gasteiger partial charge in [0.25, 0.3) is 0 Å². The molecule has 0 aliphatic carbocycles. The molecule has 76 heavy (non-hydrogen) atoms. The van der Waals surface area contributed by atoms with Crippen LogP contribution >= 0.6 is 11.3 Å². The first-order valence-corrected chi connectivity index (χ1v) is 25.6. The summed E-state index contributed by atoms with van der Waals surface area (Å²) in [5, 5.41) is 9.50. The Hall–Kier alpha value is -10.3. The van der Waals surface area contributed by atoms with Gasteiger partial charge in [0.15, 0.2) is 23.3 Å². The van der Waals surface area contributed by atoms with E-state index in [4.69, 9.17) is 4.42 Å². The molecule has 8 aromatic carbocycles. The molecule has 0 spiro atoms. The molecule has 16 aromatic rings. The van der Waals surface area contributed by atoms with Crippen LogP contribution < -0.4 is 0 Å². The van der Waals surface area contributed by atoms with E-state index in [-0.39, 0.29) is 0 Å². The minimum Gasteiger partial charge on any atom is -0.456 e. The molecule has 8 aromatic heterocycles. The third-order valence-corrected chi connectivity index (χ3v) is 15.2. The van der Waals surface area contributed by atoms with Crippen LogP contribution in [0.25, 0.3) is 143 Å². The van der Waals surface area contributed by atoms with Crippen molar-refractivity contribution in [3.63, 3.8) is 0 Å². The maximum absolute atomic E-state index is 6.24. The number of aromatic nitrogens is 10. The summed E-state index contributed by atoms with van der Waals surface area (Å²) < 4.78 is 13.5. The summed E-state index contributed by atoms with van der Waals surface area (Å²) in [7, 11) is 0. The summed E-state index contributed by atoms with van der Waals surface area (Å²) in [6, 6.07) is 62.8. The van der Waals surface area contributed by atoms with E-state index in [2.05, 4.69) is 182 Å². The molecule has 0 bridgehead atoms. The maximum Gasteiger partial charge on any atom is 0.159 e. The van der Waals surface area contributed by atoms with Gasteiger partial charge in [0.2, 0.25) is 0 Å². The van der Waals surface area contributed by atoms with Gasteiger partial charge in [-0.05, 0) is 97.1 Å². The molecule has 8 heterocycles. The standard InChI is InChI=1S/C32H19N5O.C32H19N5S/c1-3-9-27-23(7-1)25-19-30-26(24-8-2-4-10-29(24)38-30)18-28(25)37(27)22-16-20(31-33-11-5-12-34-31)15-21(17-22)32-35-13-6-14-36-32;1-3-9-27-23(7-1)25-11-12-26-24-8-2-4-10-28(24)38-30(26)29(25)37(27)22-18-20(31-33-13-5-14-34-31)17-21(19-22)32-35-15-6-16-36-32/h2*1-19H. The van der Waals surface area contributed by atoms with Crippen LogP contribution in [0.4, 0.5) is 0 Å². The molecule has 0 saturated carbocycles. The molecular formula is C64H38N10OS. The zero-order chi connectivity index (χ0) is 50.1. The second-order valence-electron chi connectivity index (χ2n) is 18.4. The van der Waals surface area contributed by atoms with E-state index < -0.39 is 0 Å². The van der Waals surface area contributed by atoms with Gasteiger partial charge >= 0.3 is 0 Å². The van der Waals surface area contributed by atoms with Crippen molar-refractivity contribution in [1.29, 1.82) is 0 Å². The van der Waals surface area contributed by atoms with Gasteiger partial charge in [0.1, 0.15) is 11.2 Å². The van der Waals surface area contributed by atoms with Crippen molar-refractivity contribution in [2.75, 3.05) is 0 Å². The number of para-hydroxylation sites is 3. The van der Waals surface area contributed by atoms with E-state index in [0.29, 0.717) is 23.3 Å². The second-order valence-corrected chi connectivity index (χ2v) is 19.5. The van der Waals surface area contributed by atoms with Crippen molar-refractivity contribution in [3.05, 3.63) is 232 Å². The lowest BCUT2D eigenvalue weighted by molar-refractivity contribution is 0.669. The average Bonchev–Trinajstić information content (AvgIpc) is 4.28. The minimum absolute atomic E-state index is 0.649. The molecule has 0 radical (unpaired) electrons. The fraction of sp³-hybridized carbons (Fsp3) is 0. The van der Waals surface area contributed by atoms with Crippen LogP contribution in [0.3, 0.4) is 0 Å². The molecule has 0 N–H and O–H groups in total. The van der Waals surface area contributed by atoms with E-state index >= 15 is 0 Å². The summed E-state index contributed by atoms with van der Waals surface area (Å²) in [6.45, 7) is 0. The Morgan fingerprint density at radius 2 is 0.750 bits per heavy atom. The van der Waals surface area contributed by atoms with E-state index in [1.807, 2.05) is 59.9 Å². The Labute approximate surface area is 436 Å². The number of rotatable bonds is 6. The Kier molecular flexibility index (Phi) is 10.1. The van der Waals surface area contributed by atoms with Gasteiger partial charge in [-0.15, -0.1) is 11.3 Å². The van der Waals surface area contributed by atoms with Crippen molar-refractivity contribution in [2.45, 2.75) is 0 Å². The normalized spacial score (nSPS) is 11.7. The highest BCUT2D eigenvalue weighted by atomic mass is 32.1. The predicted octanol–water partition coefficient (Wildman–Crippen LogP) is 15.7. The molecule has 0 unspecified atom stereocenters. The van der Waals surface area contributed by atoms with Crippen LogP contribution in [0.2, 0.25) is 0 Å². The van der Waals surface area contributed by atoms with E-state index in [1.165, 1.54) is 36.5 Å². The summed E-state index contributed by atoms with van der Waals surface area (Å²) in [5.41, 5.74) is 11.9. The Morgan fingerprint density at radius 1 is 0.303 bits per heavy atom. The Morgan fingerprint density at radius 3 is 1.32 bits per heavy atom. The van der Waals surface area contributed by atoms with Gasteiger partial charge in [0.05, 0.1) is 26.8 Å². The fourth-order valence-corrected chi connectivity index (χ4v) is 12.0. The minimum atomic E-state index is 0.649. The first-order chi connectivity index (χ1) is 37.7. The van der Waals surface area contributed by atoms with Crippen LogP contribution in [0.1, 0.15) is 0 Å². The lowest BCUT2D eigenvalue weighted by atomic mass is 10.1. The molecule has 356 valence electrons. The zero-order valence-corrected chi connectivity index (χ0v) is 41.0. The fourth-order valence-electron chi connectivity index (χ4n) is 10.8. The van der Waals surface area contributed by atoms with Crippen LogP contribution in [0.15, 0.2) is 236 Å². The van der Waals surface area contributed by atoms with Crippen molar-refractivity contribution in [2.24, 2.45) is 0 Å². The molecular weight excluding hydrogens is 957 g/mol. The topological polar surface area (TPSA) is 126 Å². The van der Waals surface area contributed by atoms with Crippen molar-refractivity contribution in [1.82, 2.24) is 49.0 Å². The zero-order valence-electron chi connectivity index (χ0n) is 40.2. The van der Waals surface area contributed by atoms with Crippen LogP contribution in [0.5, 0.6) is 0 Å². The number of furan rings is 1. The number of benzene rings is 8. The molecule has 0 atom stereocenters. The number of fused-ring (bicyclic) bond motifs is 13. The van der Waals surface area contributed by atoms with Gasteiger partial charge in [-0.2, -0.15) is 0 Å². The molecule has 16 rings (SSSR count). The summed E-state index contributed by atoms with van der Waals surface area (Å²) in [4.78, 5) is 36.3. The third kappa shape index (κ3) is 7.18. The van der Waals surface area contributed by atoms with Crippen molar-refractivity contribution >= 4 is 97.1 Å². The Bertz CT molecular complexity index is 4740. The summed E-state index contributed by atoms with van der Waals surface area (Å²) in [5.74, 6) is 2.63. The lowest BCUT2D eigenvalue weighted by Crippen LogP contribution is -1.98. The number of hydrogen-bond donors (Lipinski definition) is 0. The van der Waals surface area contributed by atoms with Crippen LogP contribution in [-0.2, 0) is 0 Å². The van der Waals surface area contributed by atoms with Gasteiger partial charge < -0.3 is 13.6 Å². The molecule has 0 aliphatic heterocycles. The maximum atomic E-state index is 6.24. The largest absolute Gasteiger partial charge is 0.456 e. The smallest absolute Gasteiger partial charge is 0.159 e. The number of hydrogen-bond acceptors (Lipinski definition) is 10. The number of thiophene rings is 1. The lowest BCUT2D eigenvalue weighted by Gasteiger charge is -2.13. The average molecular weight is 995 g/mol. The van der Waals surface area contributed by atoms with Gasteiger partial charge in [-0.1, -0.05) is 84.9 Å². The molecule has 0 fully saturated rings. The highest BCUT2D eigenvalue weighted by Gasteiger charge is 2.21. The monoisotopic (exact) mass is 994 g/mol. The molecule has 0 aliphatic rings. The van der Waals surface area contributed by atoms with Crippen molar-refractivity contribution in [3.8, 4) is 56.9 Å². The predicted molar refractivity (Wildman–Crippen MR) is 306 cm³/mol. The van der Waals surface area contributed by atoms with Crippen LogP contribution in [-0.4, -0.2) is 49.0 Å². The third-order valence-electron chi connectivity index (χ3n) is 14.0. The highest BCUT2D eigenvalue weighted by molar-refractivity contribution is 7.26.